The van der Waals surface area contributed by atoms with Gasteiger partial charge in [-0.15, -0.1) is 24.8 Å². The van der Waals surface area contributed by atoms with Crippen LogP contribution in [-0.2, 0) is 24.0 Å². The summed E-state index contributed by atoms with van der Waals surface area (Å²) < 4.78 is 0. The Morgan fingerprint density at radius 2 is 0.385 bits per heavy atom. The third kappa shape index (κ3) is 1100. The zero-order valence-electron chi connectivity index (χ0n) is 14.4. The molecule has 0 atom stereocenters. The molecule has 0 heterocycles. The number of carboxylic acids is 5. The largest absolute Gasteiger partial charge is 0.503 e. The summed E-state index contributed by atoms with van der Waals surface area (Å²) in [6, 6.07) is 0. The normalized spacial score (nSPS) is 5.73. The highest BCUT2D eigenvalue weighted by Gasteiger charge is 1.70. The van der Waals surface area contributed by atoms with Crippen molar-refractivity contribution in [1.82, 2.24) is 0 Å². The summed E-state index contributed by atoms with van der Waals surface area (Å²) in [6.07, 6.45) is -1.83. The minimum atomic E-state index is -1.83. The number of hydrogen-bond acceptors (Lipinski definition) is 6. The van der Waals surface area contributed by atoms with Gasteiger partial charge in [0.2, 0.25) is 0 Å². The van der Waals surface area contributed by atoms with Crippen molar-refractivity contribution in [2.45, 2.75) is 34.6 Å². The highest BCUT2D eigenvalue weighted by Crippen LogP contribution is 1.44. The molecular formula is C11H24Cl2O13. The van der Waals surface area contributed by atoms with Crippen molar-refractivity contribution in [1.29, 1.82) is 0 Å². The van der Waals surface area contributed by atoms with Crippen LogP contribution in [0.4, 0.5) is 4.79 Å². The van der Waals surface area contributed by atoms with E-state index in [1.807, 2.05) is 0 Å². The standard InChI is InChI=1S/5C2H4O2.CH2O3.2ClH/c5*1-2(3)4;2-1(3)4;;/h5*1H3,(H,3,4);(H2,2,3,4);2*1H. The van der Waals surface area contributed by atoms with Gasteiger partial charge in [0, 0.05) is 34.6 Å². The predicted molar refractivity (Wildman–Crippen MR) is 91.7 cm³/mol. The SMILES string of the molecule is CC(=O)O.CC(=O)O.CC(=O)O.CC(=O)O.CC(=O)O.Cl.Cl.O=C(O)O. The van der Waals surface area contributed by atoms with Gasteiger partial charge in [0.25, 0.3) is 29.8 Å². The van der Waals surface area contributed by atoms with Gasteiger partial charge in [0.05, 0.1) is 0 Å². The number of carbonyl (C=O) groups is 6. The van der Waals surface area contributed by atoms with E-state index >= 15 is 0 Å². The van der Waals surface area contributed by atoms with Gasteiger partial charge in [0.15, 0.2) is 0 Å². The molecule has 0 saturated carbocycles. The second-order valence-corrected chi connectivity index (χ2v) is 2.88. The first-order chi connectivity index (χ1) is 10.4. The predicted octanol–water partition coefficient (Wildman–Crippen LogP) is 1.52. The maximum atomic E-state index is 9.00. The summed E-state index contributed by atoms with van der Waals surface area (Å²) in [5, 5.41) is 51.0. The Morgan fingerprint density at radius 3 is 0.385 bits per heavy atom. The molecule has 0 fully saturated rings. The highest BCUT2D eigenvalue weighted by molar-refractivity contribution is 5.85. The van der Waals surface area contributed by atoms with E-state index in [0.29, 0.717) is 0 Å². The molecule has 0 aromatic heterocycles. The molecule has 0 bridgehead atoms. The van der Waals surface area contributed by atoms with Gasteiger partial charge in [0.1, 0.15) is 0 Å². The van der Waals surface area contributed by atoms with Crippen LogP contribution in [0, 0.1) is 0 Å². The minimum absolute atomic E-state index is 0. The van der Waals surface area contributed by atoms with E-state index in [1.54, 1.807) is 0 Å². The number of hydrogen-bond donors (Lipinski definition) is 7. The third-order valence-electron chi connectivity index (χ3n) is 0. The van der Waals surface area contributed by atoms with Crippen molar-refractivity contribution >= 4 is 60.8 Å². The molecule has 0 spiro atoms. The lowest BCUT2D eigenvalue weighted by atomic mass is 10.9. The molecule has 0 aliphatic rings. The highest BCUT2D eigenvalue weighted by atomic mass is 35.5. The third-order valence-corrected chi connectivity index (χ3v) is 0. The van der Waals surface area contributed by atoms with Crippen molar-refractivity contribution in [3.8, 4) is 0 Å². The van der Waals surface area contributed by atoms with Gasteiger partial charge in [-0.1, -0.05) is 0 Å². The molecule has 160 valence electrons. The van der Waals surface area contributed by atoms with E-state index in [-0.39, 0.29) is 24.8 Å². The molecule has 0 aromatic rings. The molecule has 26 heavy (non-hydrogen) atoms. The van der Waals surface area contributed by atoms with Crippen LogP contribution in [0.3, 0.4) is 0 Å². The Morgan fingerprint density at radius 1 is 0.385 bits per heavy atom. The quantitative estimate of drug-likeness (QED) is 0.285. The zero-order valence-corrected chi connectivity index (χ0v) is 16.0. The molecule has 0 rings (SSSR count). The van der Waals surface area contributed by atoms with Crippen molar-refractivity contribution < 1.29 is 64.5 Å². The Bertz CT molecular complexity index is 265. The topological polar surface area (TPSA) is 244 Å². The Balaban J connectivity index is -0.0000000245. The fourth-order valence-corrected chi connectivity index (χ4v) is 0. The van der Waals surface area contributed by atoms with Crippen LogP contribution in [0.5, 0.6) is 0 Å². The molecule has 0 amide bonds. The van der Waals surface area contributed by atoms with Crippen LogP contribution in [0.15, 0.2) is 0 Å². The first kappa shape index (κ1) is 49.5. The van der Waals surface area contributed by atoms with E-state index < -0.39 is 36.0 Å². The zero-order chi connectivity index (χ0) is 21.5. The van der Waals surface area contributed by atoms with Gasteiger partial charge in [-0.05, 0) is 0 Å². The summed E-state index contributed by atoms with van der Waals surface area (Å²) in [5.41, 5.74) is 0. The second-order valence-electron chi connectivity index (χ2n) is 2.88. The van der Waals surface area contributed by atoms with E-state index in [0.717, 1.165) is 34.6 Å². The van der Waals surface area contributed by atoms with E-state index in [2.05, 4.69) is 0 Å². The molecule has 0 radical (unpaired) electrons. The van der Waals surface area contributed by atoms with Crippen LogP contribution in [0.1, 0.15) is 34.6 Å². The van der Waals surface area contributed by atoms with Crippen molar-refractivity contribution in [3.63, 3.8) is 0 Å². The summed E-state index contributed by atoms with van der Waals surface area (Å²) in [5.74, 6) is -4.17. The van der Waals surface area contributed by atoms with E-state index in [4.69, 9.17) is 64.5 Å². The first-order valence-electron chi connectivity index (χ1n) is 5.29. The van der Waals surface area contributed by atoms with E-state index in [1.165, 1.54) is 0 Å². The molecule has 0 saturated heterocycles. The van der Waals surface area contributed by atoms with Crippen LogP contribution in [-0.4, -0.2) is 71.7 Å². The lowest BCUT2D eigenvalue weighted by molar-refractivity contribution is -0.135. The Hall–Kier alpha value is -2.80. The van der Waals surface area contributed by atoms with E-state index in [9.17, 15) is 0 Å². The fourth-order valence-electron chi connectivity index (χ4n) is 0. The van der Waals surface area contributed by atoms with Gasteiger partial charge in [-0.25, -0.2) is 4.79 Å². The maximum absolute atomic E-state index is 9.00. The van der Waals surface area contributed by atoms with Crippen LogP contribution in [0.2, 0.25) is 0 Å². The molecule has 0 aromatic carbocycles. The average Bonchev–Trinajstić information content (AvgIpc) is 2.08. The fraction of sp³-hybridized carbons (Fsp3) is 0.455. The number of carboxylic acid groups (broad SMARTS) is 7. The Kier molecular flexibility index (Phi) is 82.2. The lowest BCUT2D eigenvalue weighted by Gasteiger charge is -1.60. The van der Waals surface area contributed by atoms with Crippen LogP contribution >= 0.6 is 24.8 Å². The summed E-state index contributed by atoms with van der Waals surface area (Å²) in [6.45, 7) is 5.42. The van der Waals surface area contributed by atoms with Gasteiger partial charge in [-0.3, -0.25) is 24.0 Å². The smallest absolute Gasteiger partial charge is 0.481 e. The number of aliphatic carboxylic acids is 5. The Labute approximate surface area is 160 Å². The summed E-state index contributed by atoms with van der Waals surface area (Å²) in [4.78, 5) is 53.6. The summed E-state index contributed by atoms with van der Waals surface area (Å²) >= 11 is 0. The lowest BCUT2D eigenvalue weighted by Crippen LogP contribution is -1.81. The van der Waals surface area contributed by atoms with Crippen molar-refractivity contribution in [2.75, 3.05) is 0 Å². The molecule has 15 heteroatoms. The van der Waals surface area contributed by atoms with Crippen LogP contribution < -0.4 is 0 Å². The number of rotatable bonds is 0. The van der Waals surface area contributed by atoms with Crippen LogP contribution in [0.25, 0.3) is 0 Å². The minimum Gasteiger partial charge on any atom is -0.481 e. The maximum Gasteiger partial charge on any atom is 0.503 e. The van der Waals surface area contributed by atoms with Gasteiger partial charge >= 0.3 is 6.16 Å². The number of halogens is 2. The molecule has 0 aliphatic heterocycles. The summed E-state index contributed by atoms with van der Waals surface area (Å²) in [7, 11) is 0. The monoisotopic (exact) mass is 434 g/mol. The molecular weight excluding hydrogens is 411 g/mol. The second kappa shape index (κ2) is 43.2. The first-order valence-corrected chi connectivity index (χ1v) is 5.29. The van der Waals surface area contributed by atoms with Crippen molar-refractivity contribution in [3.05, 3.63) is 0 Å². The van der Waals surface area contributed by atoms with Gasteiger partial charge in [-0.2, -0.15) is 0 Å². The van der Waals surface area contributed by atoms with Gasteiger partial charge < -0.3 is 35.7 Å². The molecule has 0 unspecified atom stereocenters. The molecule has 7 N–H and O–H groups in total. The molecule has 13 nitrogen and oxygen atoms in total. The average molecular weight is 435 g/mol. The van der Waals surface area contributed by atoms with Crippen molar-refractivity contribution in [2.24, 2.45) is 0 Å². The molecule has 0 aliphatic carbocycles.